The van der Waals surface area contributed by atoms with Gasteiger partial charge in [0.05, 0.1) is 0 Å². The molecule has 1 aliphatic heterocycles. The van der Waals surface area contributed by atoms with Gasteiger partial charge in [0, 0.05) is 37.1 Å². The number of oxazole rings is 1. The average molecular weight is 360 g/mol. The van der Waals surface area contributed by atoms with Crippen LogP contribution >= 0.6 is 0 Å². The summed E-state index contributed by atoms with van der Waals surface area (Å²) >= 11 is 0. The first-order valence-corrected chi connectivity index (χ1v) is 9.69. The van der Waals surface area contributed by atoms with Crippen LogP contribution in [0.25, 0.3) is 22.6 Å². The minimum Gasteiger partial charge on any atom is -0.440 e. The Hall–Kier alpha value is -2.88. The number of carbonyl (C=O) groups is 1. The molecule has 0 radical (unpaired) electrons. The summed E-state index contributed by atoms with van der Waals surface area (Å²) < 4.78 is 6.11. The number of rotatable bonds is 5. The normalized spacial score (nSPS) is 14.3. The maximum absolute atomic E-state index is 12.5. The van der Waals surface area contributed by atoms with Crippen molar-refractivity contribution < 1.29 is 9.21 Å². The first-order valence-electron chi connectivity index (χ1n) is 9.69. The van der Waals surface area contributed by atoms with Crippen LogP contribution in [0.1, 0.15) is 31.6 Å². The molecule has 1 aromatic heterocycles. The van der Waals surface area contributed by atoms with E-state index in [0.717, 1.165) is 48.5 Å². The van der Waals surface area contributed by atoms with Gasteiger partial charge in [-0.2, -0.15) is 0 Å². The SMILES string of the molecule is O=C(CCc1nc(-c2ccccc2)c(-c2ccccc2)o1)N1CCCCC1. The average Bonchev–Trinajstić information content (AvgIpc) is 3.18. The molecule has 0 atom stereocenters. The molecule has 0 unspecified atom stereocenters. The van der Waals surface area contributed by atoms with Crippen molar-refractivity contribution in [1.82, 2.24) is 9.88 Å². The summed E-state index contributed by atoms with van der Waals surface area (Å²) in [6.45, 7) is 1.77. The molecule has 2 heterocycles. The highest BCUT2D eigenvalue weighted by Gasteiger charge is 2.20. The smallest absolute Gasteiger partial charge is 0.223 e. The lowest BCUT2D eigenvalue weighted by Gasteiger charge is -2.26. The van der Waals surface area contributed by atoms with Crippen LogP contribution in [0.2, 0.25) is 0 Å². The van der Waals surface area contributed by atoms with Crippen molar-refractivity contribution in [2.45, 2.75) is 32.1 Å². The molecule has 1 amide bonds. The van der Waals surface area contributed by atoms with Crippen LogP contribution in [0.15, 0.2) is 65.1 Å². The van der Waals surface area contributed by atoms with E-state index in [0.29, 0.717) is 18.7 Å². The van der Waals surface area contributed by atoms with Gasteiger partial charge in [0.1, 0.15) is 5.69 Å². The standard InChI is InChI=1S/C23H24N2O2/c26-21(25-16-8-3-9-17-25)15-14-20-24-22(18-10-4-1-5-11-18)23(27-20)19-12-6-2-7-13-19/h1-2,4-7,10-13H,3,8-9,14-17H2. The zero-order valence-electron chi connectivity index (χ0n) is 15.4. The zero-order valence-corrected chi connectivity index (χ0v) is 15.4. The number of hydrogen-bond acceptors (Lipinski definition) is 3. The molecule has 0 aliphatic carbocycles. The lowest BCUT2D eigenvalue weighted by atomic mass is 10.1. The predicted molar refractivity (Wildman–Crippen MR) is 106 cm³/mol. The topological polar surface area (TPSA) is 46.3 Å². The fraction of sp³-hybridized carbons (Fsp3) is 0.304. The molecule has 4 nitrogen and oxygen atoms in total. The van der Waals surface area contributed by atoms with Crippen LogP contribution in [0.4, 0.5) is 0 Å². The van der Waals surface area contributed by atoms with Crippen molar-refractivity contribution in [2.24, 2.45) is 0 Å². The lowest BCUT2D eigenvalue weighted by Crippen LogP contribution is -2.35. The first kappa shape index (κ1) is 17.5. The van der Waals surface area contributed by atoms with Crippen molar-refractivity contribution in [2.75, 3.05) is 13.1 Å². The number of benzene rings is 2. The second-order valence-corrected chi connectivity index (χ2v) is 6.96. The summed E-state index contributed by atoms with van der Waals surface area (Å²) in [7, 11) is 0. The molecular formula is C23H24N2O2. The molecule has 0 N–H and O–H groups in total. The van der Waals surface area contributed by atoms with E-state index in [1.54, 1.807) is 0 Å². The van der Waals surface area contributed by atoms with Gasteiger partial charge in [0.2, 0.25) is 5.91 Å². The van der Waals surface area contributed by atoms with E-state index in [1.807, 2.05) is 65.6 Å². The molecule has 0 bridgehead atoms. The van der Waals surface area contributed by atoms with Gasteiger partial charge < -0.3 is 9.32 Å². The predicted octanol–water partition coefficient (Wildman–Crippen LogP) is 4.95. The fourth-order valence-corrected chi connectivity index (χ4v) is 3.56. The molecule has 0 spiro atoms. The van der Waals surface area contributed by atoms with E-state index in [9.17, 15) is 4.79 Å². The van der Waals surface area contributed by atoms with Gasteiger partial charge in [-0.1, -0.05) is 60.7 Å². The van der Waals surface area contributed by atoms with Crippen LogP contribution in [-0.4, -0.2) is 28.9 Å². The largest absolute Gasteiger partial charge is 0.440 e. The van der Waals surface area contributed by atoms with E-state index in [1.165, 1.54) is 6.42 Å². The van der Waals surface area contributed by atoms with Crippen molar-refractivity contribution in [1.29, 1.82) is 0 Å². The summed E-state index contributed by atoms with van der Waals surface area (Å²) in [6.07, 6.45) is 4.43. The Bertz CT molecular complexity index is 824. The van der Waals surface area contributed by atoms with Crippen LogP contribution in [0.3, 0.4) is 0 Å². The molecule has 2 aromatic carbocycles. The van der Waals surface area contributed by atoms with Crippen LogP contribution in [-0.2, 0) is 11.2 Å². The number of piperidine rings is 1. The van der Waals surface area contributed by atoms with Crippen molar-refractivity contribution in [3.63, 3.8) is 0 Å². The van der Waals surface area contributed by atoms with Gasteiger partial charge in [0.25, 0.3) is 0 Å². The number of aromatic nitrogens is 1. The molecule has 138 valence electrons. The second kappa shape index (κ2) is 8.21. The highest BCUT2D eigenvalue weighted by atomic mass is 16.4. The Balaban J connectivity index is 1.57. The second-order valence-electron chi connectivity index (χ2n) is 6.96. The van der Waals surface area contributed by atoms with Gasteiger partial charge >= 0.3 is 0 Å². The van der Waals surface area contributed by atoms with Gasteiger partial charge in [0.15, 0.2) is 11.7 Å². The summed E-state index contributed by atoms with van der Waals surface area (Å²) in [5, 5.41) is 0. The number of likely N-dealkylation sites (tertiary alicyclic amines) is 1. The fourth-order valence-electron chi connectivity index (χ4n) is 3.56. The molecule has 4 rings (SSSR count). The number of aryl methyl sites for hydroxylation is 1. The third-order valence-corrected chi connectivity index (χ3v) is 5.02. The summed E-state index contributed by atoms with van der Waals surface area (Å²) in [4.78, 5) is 19.2. The van der Waals surface area contributed by atoms with E-state index >= 15 is 0 Å². The summed E-state index contributed by atoms with van der Waals surface area (Å²) in [6, 6.07) is 20.1. The van der Waals surface area contributed by atoms with Gasteiger partial charge in [-0.15, -0.1) is 0 Å². The third-order valence-electron chi connectivity index (χ3n) is 5.02. The van der Waals surface area contributed by atoms with E-state index in [-0.39, 0.29) is 5.91 Å². The molecule has 1 aliphatic rings. The Kier molecular flexibility index (Phi) is 5.33. The lowest BCUT2D eigenvalue weighted by molar-refractivity contribution is -0.132. The monoisotopic (exact) mass is 360 g/mol. The quantitative estimate of drug-likeness (QED) is 0.646. The molecule has 0 saturated carbocycles. The van der Waals surface area contributed by atoms with Gasteiger partial charge in [-0.05, 0) is 19.3 Å². The molecule has 3 aromatic rings. The van der Waals surface area contributed by atoms with Crippen LogP contribution in [0, 0.1) is 0 Å². The number of amides is 1. The molecule has 4 heteroatoms. The van der Waals surface area contributed by atoms with Crippen LogP contribution in [0.5, 0.6) is 0 Å². The highest BCUT2D eigenvalue weighted by molar-refractivity contribution is 5.78. The van der Waals surface area contributed by atoms with E-state index in [4.69, 9.17) is 9.40 Å². The Morgan fingerprint density at radius 1 is 0.889 bits per heavy atom. The summed E-state index contributed by atoms with van der Waals surface area (Å²) in [5.41, 5.74) is 2.85. The number of carbonyl (C=O) groups excluding carboxylic acids is 1. The third kappa shape index (κ3) is 4.11. The van der Waals surface area contributed by atoms with Gasteiger partial charge in [-0.25, -0.2) is 4.98 Å². The van der Waals surface area contributed by atoms with E-state index < -0.39 is 0 Å². The Morgan fingerprint density at radius 2 is 1.52 bits per heavy atom. The van der Waals surface area contributed by atoms with Gasteiger partial charge in [-0.3, -0.25) is 4.79 Å². The minimum absolute atomic E-state index is 0.204. The van der Waals surface area contributed by atoms with Crippen LogP contribution < -0.4 is 0 Å². The first-order chi connectivity index (χ1) is 13.3. The maximum Gasteiger partial charge on any atom is 0.223 e. The summed E-state index contributed by atoms with van der Waals surface area (Å²) in [5.74, 6) is 1.59. The zero-order chi connectivity index (χ0) is 18.5. The Labute approximate surface area is 159 Å². The molecular weight excluding hydrogens is 336 g/mol. The number of hydrogen-bond donors (Lipinski definition) is 0. The van der Waals surface area contributed by atoms with Crippen molar-refractivity contribution in [3.05, 3.63) is 66.6 Å². The molecule has 27 heavy (non-hydrogen) atoms. The number of nitrogens with zero attached hydrogens (tertiary/aromatic N) is 2. The minimum atomic E-state index is 0.204. The highest BCUT2D eigenvalue weighted by Crippen LogP contribution is 2.32. The van der Waals surface area contributed by atoms with Crippen molar-refractivity contribution >= 4 is 5.91 Å². The molecule has 1 fully saturated rings. The maximum atomic E-state index is 12.5. The van der Waals surface area contributed by atoms with Crippen molar-refractivity contribution in [3.8, 4) is 22.6 Å². The Morgan fingerprint density at radius 3 is 2.19 bits per heavy atom. The van der Waals surface area contributed by atoms with E-state index in [2.05, 4.69) is 0 Å². The molecule has 1 saturated heterocycles.